The van der Waals surface area contributed by atoms with Crippen molar-refractivity contribution in [3.8, 4) is 17.2 Å². The van der Waals surface area contributed by atoms with E-state index in [9.17, 15) is 19.5 Å². The predicted octanol–water partition coefficient (Wildman–Crippen LogP) is 8.08. The SMILES string of the molecule is COc1ccc(OC)c(C=Cc2ccc(N3C(=O)[C@H]4[C@H](CC=C5[C@H]4C[C@H]4C(=O)N(Nc6ccc(C)cc6)C(=O)[C@@]4(c4ccccc4)[C@H]5c4ccccc4O)C3=O)cc2)c1. The second-order valence-electron chi connectivity index (χ2n) is 15.7. The van der Waals surface area contributed by atoms with Crippen LogP contribution in [0.3, 0.4) is 0 Å². The van der Waals surface area contributed by atoms with Crippen molar-refractivity contribution >= 4 is 47.2 Å². The molecule has 4 aliphatic rings. The number of rotatable bonds is 9. The average Bonchev–Trinajstić information content (AvgIpc) is 3.64. The van der Waals surface area contributed by atoms with Crippen LogP contribution in [0.4, 0.5) is 11.4 Å². The fourth-order valence-electron chi connectivity index (χ4n) is 9.97. The summed E-state index contributed by atoms with van der Waals surface area (Å²) in [6, 6.07) is 36.4. The summed E-state index contributed by atoms with van der Waals surface area (Å²) in [6.45, 7) is 1.96. The summed E-state index contributed by atoms with van der Waals surface area (Å²) in [5.41, 5.74) is 7.29. The van der Waals surface area contributed by atoms with E-state index >= 15 is 4.79 Å². The van der Waals surface area contributed by atoms with Crippen LogP contribution >= 0.6 is 0 Å². The predicted molar refractivity (Wildman–Crippen MR) is 224 cm³/mol. The third-order valence-electron chi connectivity index (χ3n) is 12.7. The molecule has 1 saturated carbocycles. The highest BCUT2D eigenvalue weighted by Crippen LogP contribution is 2.65. The summed E-state index contributed by atoms with van der Waals surface area (Å²) in [5, 5.41) is 12.7. The number of hydrazine groups is 1. The highest BCUT2D eigenvalue weighted by molar-refractivity contribution is 6.22. The number of carbonyl (C=O) groups excluding carboxylic acids is 4. The Balaban J connectivity index is 1.10. The molecular formula is C49H43N3O7. The van der Waals surface area contributed by atoms with Crippen LogP contribution in [0.5, 0.6) is 17.2 Å². The van der Waals surface area contributed by atoms with Crippen molar-refractivity contribution < 1.29 is 33.8 Å². The maximum absolute atomic E-state index is 15.3. The van der Waals surface area contributed by atoms with Gasteiger partial charge in [0.05, 0.1) is 48.8 Å². The lowest BCUT2D eigenvalue weighted by atomic mass is 9.49. The number of fused-ring (bicyclic) bond motifs is 4. The lowest BCUT2D eigenvalue weighted by Gasteiger charge is -2.50. The molecule has 0 spiro atoms. The van der Waals surface area contributed by atoms with E-state index < -0.39 is 46.8 Å². The Labute approximate surface area is 342 Å². The molecule has 2 aliphatic heterocycles. The molecule has 3 fully saturated rings. The number of anilines is 2. The second kappa shape index (κ2) is 14.8. The van der Waals surface area contributed by atoms with Crippen molar-refractivity contribution in [1.82, 2.24) is 5.01 Å². The molecular weight excluding hydrogens is 743 g/mol. The zero-order valence-electron chi connectivity index (χ0n) is 32.9. The molecule has 2 heterocycles. The third kappa shape index (κ3) is 6.00. The van der Waals surface area contributed by atoms with E-state index in [-0.39, 0.29) is 30.4 Å². The topological polar surface area (TPSA) is 125 Å². The van der Waals surface area contributed by atoms with Gasteiger partial charge in [0.15, 0.2) is 0 Å². The lowest BCUT2D eigenvalue weighted by Crippen LogP contribution is -2.53. The molecule has 296 valence electrons. The number of nitrogens with zero attached hydrogens (tertiary/aromatic N) is 2. The van der Waals surface area contributed by atoms with Crippen molar-refractivity contribution in [2.75, 3.05) is 24.5 Å². The number of aromatic hydroxyl groups is 1. The van der Waals surface area contributed by atoms with Crippen LogP contribution in [0.25, 0.3) is 12.2 Å². The molecule has 0 unspecified atom stereocenters. The number of hydrogen-bond acceptors (Lipinski definition) is 8. The van der Waals surface area contributed by atoms with Crippen LogP contribution in [0.1, 0.15) is 46.6 Å². The number of phenols is 1. The van der Waals surface area contributed by atoms with E-state index in [2.05, 4.69) is 5.43 Å². The van der Waals surface area contributed by atoms with Gasteiger partial charge in [-0.3, -0.25) is 29.5 Å². The van der Waals surface area contributed by atoms with Gasteiger partial charge in [-0.2, -0.15) is 5.01 Å². The number of imide groups is 2. The number of hydrogen-bond donors (Lipinski definition) is 2. The Kier molecular flexibility index (Phi) is 9.42. The lowest BCUT2D eigenvalue weighted by molar-refractivity contribution is -0.138. The molecule has 2 aliphatic carbocycles. The van der Waals surface area contributed by atoms with Crippen LogP contribution in [0.15, 0.2) is 133 Å². The molecule has 5 aromatic carbocycles. The minimum Gasteiger partial charge on any atom is -0.508 e. The van der Waals surface area contributed by atoms with Gasteiger partial charge < -0.3 is 14.6 Å². The van der Waals surface area contributed by atoms with Crippen molar-refractivity contribution in [1.29, 1.82) is 0 Å². The van der Waals surface area contributed by atoms with Gasteiger partial charge in [-0.1, -0.05) is 102 Å². The molecule has 0 radical (unpaired) electrons. The molecule has 9 rings (SSSR count). The minimum atomic E-state index is -1.46. The number of aryl methyl sites for hydroxylation is 1. The van der Waals surface area contributed by atoms with Crippen molar-refractivity contribution in [3.63, 3.8) is 0 Å². The largest absolute Gasteiger partial charge is 0.508 e. The van der Waals surface area contributed by atoms with Crippen LogP contribution in [0, 0.1) is 30.6 Å². The zero-order valence-corrected chi connectivity index (χ0v) is 32.9. The Morgan fingerprint density at radius 2 is 1.49 bits per heavy atom. The number of amides is 4. The number of phenolic OH excluding ortho intramolecular Hbond substituents is 1. The van der Waals surface area contributed by atoms with Crippen molar-refractivity contribution in [2.24, 2.45) is 23.7 Å². The van der Waals surface area contributed by atoms with Gasteiger partial charge >= 0.3 is 0 Å². The smallest absolute Gasteiger partial charge is 0.260 e. The molecule has 59 heavy (non-hydrogen) atoms. The fraction of sp³-hybridized carbons (Fsp3) is 0.224. The molecule has 0 aromatic heterocycles. The first-order valence-electron chi connectivity index (χ1n) is 19.8. The maximum atomic E-state index is 15.3. The minimum absolute atomic E-state index is 0.0186. The van der Waals surface area contributed by atoms with E-state index in [1.807, 2.05) is 110 Å². The van der Waals surface area contributed by atoms with Gasteiger partial charge in [0.1, 0.15) is 17.2 Å². The van der Waals surface area contributed by atoms with Crippen molar-refractivity contribution in [3.05, 3.63) is 161 Å². The van der Waals surface area contributed by atoms with E-state index in [4.69, 9.17) is 9.47 Å². The van der Waals surface area contributed by atoms with Gasteiger partial charge in [0.25, 0.3) is 11.8 Å². The van der Waals surface area contributed by atoms with E-state index in [0.717, 1.165) is 27.3 Å². The second-order valence-corrected chi connectivity index (χ2v) is 15.7. The number of methoxy groups -OCH3 is 2. The molecule has 10 heteroatoms. The molecule has 2 N–H and O–H groups in total. The first-order chi connectivity index (χ1) is 28.6. The normalized spacial score (nSPS) is 24.8. The molecule has 0 bridgehead atoms. The summed E-state index contributed by atoms with van der Waals surface area (Å²) in [4.78, 5) is 60.6. The average molecular weight is 786 g/mol. The summed E-state index contributed by atoms with van der Waals surface area (Å²) >= 11 is 0. The molecule has 5 aromatic rings. The van der Waals surface area contributed by atoms with Gasteiger partial charge in [-0.15, -0.1) is 0 Å². The standard InChI is InChI=1S/C49H43N3O7/c1-29-13-19-33(20-14-29)50-52-46(55)40-28-39-36(44(37-11-7-8-12-41(37)53)49(40,48(52)57)32-9-5-4-6-10-32)24-25-38-43(39)47(56)51(45(38)54)34-21-16-30(17-22-34)15-18-31-27-35(58-2)23-26-42(31)59-3/h4-24,26-27,38-40,43-44,50,53H,25,28H2,1-3H3/t38-,39+,40-,43-,44+,49+/m0/s1. The third-order valence-corrected chi connectivity index (χ3v) is 12.7. The number of benzene rings is 5. The summed E-state index contributed by atoms with van der Waals surface area (Å²) in [6.07, 6.45) is 6.26. The number of ether oxygens (including phenoxy) is 2. The van der Waals surface area contributed by atoms with E-state index in [1.54, 1.807) is 50.6 Å². The zero-order chi connectivity index (χ0) is 41.0. The number of para-hydroxylation sites is 1. The summed E-state index contributed by atoms with van der Waals surface area (Å²) in [5.74, 6) is -3.86. The Bertz CT molecular complexity index is 2550. The molecule has 4 amide bonds. The number of nitrogens with one attached hydrogen (secondary N) is 1. The Hall–Kier alpha value is -6.94. The summed E-state index contributed by atoms with van der Waals surface area (Å²) < 4.78 is 10.9. The fourth-order valence-corrected chi connectivity index (χ4v) is 9.97. The van der Waals surface area contributed by atoms with Gasteiger partial charge in [-0.05, 0) is 85.3 Å². The number of allylic oxidation sites excluding steroid dienone is 2. The van der Waals surface area contributed by atoms with Gasteiger partial charge in [0.2, 0.25) is 11.8 Å². The molecule has 6 atom stereocenters. The van der Waals surface area contributed by atoms with E-state index in [0.29, 0.717) is 34.0 Å². The van der Waals surface area contributed by atoms with Crippen LogP contribution in [-0.2, 0) is 24.6 Å². The quantitative estimate of drug-likeness (QED) is 0.0874. The van der Waals surface area contributed by atoms with Gasteiger partial charge in [0, 0.05) is 17.0 Å². The Morgan fingerprint density at radius 3 is 2.20 bits per heavy atom. The van der Waals surface area contributed by atoms with Crippen LogP contribution in [0.2, 0.25) is 0 Å². The number of carbonyl (C=O) groups is 4. The van der Waals surface area contributed by atoms with Gasteiger partial charge in [-0.25, -0.2) is 0 Å². The summed E-state index contributed by atoms with van der Waals surface area (Å²) in [7, 11) is 3.21. The highest BCUT2D eigenvalue weighted by atomic mass is 16.5. The maximum Gasteiger partial charge on any atom is 0.260 e. The molecule has 2 saturated heterocycles. The molecule has 10 nitrogen and oxygen atoms in total. The van der Waals surface area contributed by atoms with Crippen LogP contribution in [-0.4, -0.2) is 48.0 Å². The Morgan fingerprint density at radius 1 is 0.763 bits per heavy atom. The highest BCUT2D eigenvalue weighted by Gasteiger charge is 2.70. The first-order valence-corrected chi connectivity index (χ1v) is 19.8. The monoisotopic (exact) mass is 785 g/mol. The van der Waals surface area contributed by atoms with E-state index in [1.165, 1.54) is 4.90 Å². The first kappa shape index (κ1) is 37.6. The van der Waals surface area contributed by atoms with Crippen LogP contribution < -0.4 is 19.8 Å². The van der Waals surface area contributed by atoms with Crippen molar-refractivity contribution in [2.45, 2.75) is 31.1 Å².